The summed E-state index contributed by atoms with van der Waals surface area (Å²) in [6.45, 7) is 0. The summed E-state index contributed by atoms with van der Waals surface area (Å²) in [6.07, 6.45) is 4.38. The van der Waals surface area contributed by atoms with Gasteiger partial charge >= 0.3 is 0 Å². The van der Waals surface area contributed by atoms with E-state index in [4.69, 9.17) is 0 Å². The zero-order chi connectivity index (χ0) is 20.2. The maximum atomic E-state index is 3.28. The van der Waals surface area contributed by atoms with Crippen LogP contribution in [-0.2, 0) is 0 Å². The van der Waals surface area contributed by atoms with Gasteiger partial charge in [0.05, 0.1) is 11.2 Å². The largest absolute Gasteiger partial charge is 0.316 e. The molecule has 0 aliphatic rings. The Morgan fingerprint density at radius 3 is 2.30 bits per heavy atom. The second-order valence-corrected chi connectivity index (χ2v) is 7.81. The maximum Gasteiger partial charge on any atom is 0.0534 e. The number of aromatic nitrogens is 1. The van der Waals surface area contributed by atoms with Gasteiger partial charge in [0.2, 0.25) is 0 Å². The molecule has 5 rings (SSSR count). The van der Waals surface area contributed by atoms with Crippen molar-refractivity contribution in [3.05, 3.63) is 130 Å². The van der Waals surface area contributed by atoms with Crippen molar-refractivity contribution >= 4 is 34.0 Å². The van der Waals surface area contributed by atoms with Crippen molar-refractivity contribution in [1.82, 2.24) is 4.57 Å². The second-order valence-electron chi connectivity index (χ2n) is 7.03. The lowest BCUT2D eigenvalue weighted by Crippen LogP contribution is -1.97. The molecular formula is C28H19NS. The lowest BCUT2D eigenvalue weighted by molar-refractivity contribution is 1.17. The van der Waals surface area contributed by atoms with Gasteiger partial charge in [-0.2, -0.15) is 11.3 Å². The first kappa shape index (κ1) is 18.2. The summed E-state index contributed by atoms with van der Waals surface area (Å²) in [5.41, 5.74) is 6.77. The van der Waals surface area contributed by atoms with E-state index in [9.17, 15) is 0 Å². The first-order valence-corrected chi connectivity index (χ1v) is 10.8. The fourth-order valence-corrected chi connectivity index (χ4v) is 4.11. The molecule has 0 aliphatic carbocycles. The summed E-state index contributed by atoms with van der Waals surface area (Å²) in [6, 6.07) is 31.6. The molecule has 0 saturated heterocycles. The van der Waals surface area contributed by atoms with Gasteiger partial charge in [-0.25, -0.2) is 0 Å². The standard InChI is InChI=1S/C28H19NS/c1-3-7-22(8-4-1)20-28(25-9-5-2-6-10-25)29-17-15-26-19-23(13-14-27(26)29)11-12-24-16-18-30-21-24/h1-10,13-21H/b28-20-. The average Bonchev–Trinajstić information content (AvgIpc) is 3.47. The number of benzene rings is 3. The lowest BCUT2D eigenvalue weighted by atomic mass is 10.1. The number of nitrogens with zero attached hydrogens (tertiary/aromatic N) is 1. The number of hydrogen-bond donors (Lipinski definition) is 0. The minimum atomic E-state index is 1.03. The Morgan fingerprint density at radius 2 is 1.53 bits per heavy atom. The van der Waals surface area contributed by atoms with Crippen molar-refractivity contribution in [2.24, 2.45) is 0 Å². The molecule has 5 aromatic rings. The summed E-state index contributed by atoms with van der Waals surface area (Å²) in [7, 11) is 0. The number of rotatable bonds is 3. The Morgan fingerprint density at radius 1 is 0.767 bits per heavy atom. The van der Waals surface area contributed by atoms with Crippen LogP contribution < -0.4 is 0 Å². The van der Waals surface area contributed by atoms with Crippen LogP contribution in [-0.4, -0.2) is 4.57 Å². The van der Waals surface area contributed by atoms with E-state index < -0.39 is 0 Å². The van der Waals surface area contributed by atoms with Gasteiger partial charge in [0, 0.05) is 28.1 Å². The number of fused-ring (bicyclic) bond motifs is 1. The monoisotopic (exact) mass is 401 g/mol. The molecule has 0 radical (unpaired) electrons. The van der Waals surface area contributed by atoms with Gasteiger partial charge in [0.25, 0.3) is 0 Å². The Balaban J connectivity index is 1.59. The third-order valence-electron chi connectivity index (χ3n) is 4.99. The third kappa shape index (κ3) is 3.85. The van der Waals surface area contributed by atoms with E-state index in [1.165, 1.54) is 22.0 Å². The molecule has 2 heteroatoms. The van der Waals surface area contributed by atoms with Crippen molar-refractivity contribution in [3.63, 3.8) is 0 Å². The molecule has 142 valence electrons. The summed E-state index contributed by atoms with van der Waals surface area (Å²) < 4.78 is 2.26. The van der Waals surface area contributed by atoms with Crippen LogP contribution >= 0.6 is 11.3 Å². The Bertz CT molecular complexity index is 1360. The van der Waals surface area contributed by atoms with Crippen LogP contribution in [0.3, 0.4) is 0 Å². The first-order valence-electron chi connectivity index (χ1n) is 9.85. The maximum absolute atomic E-state index is 3.28. The summed E-state index contributed by atoms with van der Waals surface area (Å²) in [4.78, 5) is 0. The summed E-state index contributed by atoms with van der Waals surface area (Å²) >= 11 is 1.67. The Labute approximate surface area is 180 Å². The van der Waals surface area contributed by atoms with Crippen molar-refractivity contribution in [1.29, 1.82) is 0 Å². The van der Waals surface area contributed by atoms with Gasteiger partial charge in [-0.1, -0.05) is 72.5 Å². The molecule has 3 aromatic carbocycles. The van der Waals surface area contributed by atoms with E-state index in [1.807, 2.05) is 12.1 Å². The van der Waals surface area contributed by atoms with Crippen molar-refractivity contribution in [2.75, 3.05) is 0 Å². The van der Waals surface area contributed by atoms with Gasteiger partial charge in [0.15, 0.2) is 0 Å². The van der Waals surface area contributed by atoms with Gasteiger partial charge < -0.3 is 4.57 Å². The lowest BCUT2D eigenvalue weighted by Gasteiger charge is -2.12. The highest BCUT2D eigenvalue weighted by Gasteiger charge is 2.09. The molecule has 0 aliphatic heterocycles. The average molecular weight is 402 g/mol. The summed E-state index contributed by atoms with van der Waals surface area (Å²) in [5.74, 6) is 6.52. The molecule has 2 heterocycles. The van der Waals surface area contributed by atoms with E-state index in [0.29, 0.717) is 0 Å². The minimum absolute atomic E-state index is 1.03. The fourth-order valence-electron chi connectivity index (χ4n) is 3.52. The van der Waals surface area contributed by atoms with Crippen molar-refractivity contribution < 1.29 is 0 Å². The van der Waals surface area contributed by atoms with Crippen LogP contribution in [0.1, 0.15) is 22.3 Å². The van der Waals surface area contributed by atoms with Gasteiger partial charge in [0.1, 0.15) is 0 Å². The molecule has 2 aromatic heterocycles. The smallest absolute Gasteiger partial charge is 0.0534 e. The van der Waals surface area contributed by atoms with Crippen LogP contribution in [0, 0.1) is 11.8 Å². The topological polar surface area (TPSA) is 4.93 Å². The van der Waals surface area contributed by atoms with E-state index >= 15 is 0 Å². The predicted molar refractivity (Wildman–Crippen MR) is 128 cm³/mol. The van der Waals surface area contributed by atoms with Crippen LogP contribution in [0.25, 0.3) is 22.7 Å². The molecule has 0 atom stereocenters. The van der Waals surface area contributed by atoms with E-state index in [0.717, 1.165) is 16.8 Å². The fraction of sp³-hybridized carbons (Fsp3) is 0. The molecule has 0 saturated carbocycles. The molecule has 0 fully saturated rings. The highest BCUT2D eigenvalue weighted by molar-refractivity contribution is 7.08. The van der Waals surface area contributed by atoms with Gasteiger partial charge in [-0.05, 0) is 52.9 Å². The summed E-state index contributed by atoms with van der Waals surface area (Å²) in [5, 5.41) is 5.31. The van der Waals surface area contributed by atoms with Crippen LogP contribution in [0.4, 0.5) is 0 Å². The SMILES string of the molecule is C(#Cc1ccc2c(ccn2/C(=C\c2ccccc2)c2ccccc2)c1)c1ccsc1. The minimum Gasteiger partial charge on any atom is -0.316 e. The van der Waals surface area contributed by atoms with Crippen molar-refractivity contribution in [3.8, 4) is 11.8 Å². The van der Waals surface area contributed by atoms with E-state index in [1.54, 1.807) is 11.3 Å². The molecule has 0 bridgehead atoms. The third-order valence-corrected chi connectivity index (χ3v) is 5.68. The highest BCUT2D eigenvalue weighted by Crippen LogP contribution is 2.27. The van der Waals surface area contributed by atoms with Gasteiger partial charge in [-0.15, -0.1) is 0 Å². The highest BCUT2D eigenvalue weighted by atomic mass is 32.1. The molecule has 1 nitrogen and oxygen atoms in total. The molecule has 0 amide bonds. The van der Waals surface area contributed by atoms with Crippen LogP contribution in [0.2, 0.25) is 0 Å². The first-order chi connectivity index (χ1) is 14.9. The molecule has 0 spiro atoms. The number of hydrogen-bond acceptors (Lipinski definition) is 1. The van der Waals surface area contributed by atoms with Crippen molar-refractivity contribution in [2.45, 2.75) is 0 Å². The molecule has 30 heavy (non-hydrogen) atoms. The predicted octanol–water partition coefficient (Wildman–Crippen LogP) is 7.15. The quantitative estimate of drug-likeness (QED) is 0.223. The van der Waals surface area contributed by atoms with Crippen LogP contribution in [0.15, 0.2) is 108 Å². The zero-order valence-electron chi connectivity index (χ0n) is 16.3. The van der Waals surface area contributed by atoms with Gasteiger partial charge in [-0.3, -0.25) is 0 Å². The number of thiophene rings is 1. The molecule has 0 unspecified atom stereocenters. The zero-order valence-corrected chi connectivity index (χ0v) is 17.1. The normalized spacial score (nSPS) is 11.3. The Kier molecular flexibility index (Phi) is 5.04. The van der Waals surface area contributed by atoms with E-state index in [-0.39, 0.29) is 0 Å². The molecular weight excluding hydrogens is 382 g/mol. The second kappa shape index (κ2) is 8.29. The Hall–Kier alpha value is -3.80. The van der Waals surface area contributed by atoms with Crippen LogP contribution in [0.5, 0.6) is 0 Å². The molecule has 0 N–H and O–H groups in total. The van der Waals surface area contributed by atoms with E-state index in [2.05, 4.69) is 118 Å².